The van der Waals surface area contributed by atoms with Gasteiger partial charge in [-0.25, -0.2) is 4.98 Å². The molecule has 0 amide bonds. The third kappa shape index (κ3) is 3.69. The normalized spacial score (nSPS) is 18.0. The minimum Gasteiger partial charge on any atom is -0.387 e. The number of nitrogens with zero attached hydrogens (tertiary/aromatic N) is 1. The number of rotatable bonds is 6. The molecule has 1 aromatic carbocycles. The van der Waals surface area contributed by atoms with Crippen LogP contribution in [0.4, 0.5) is 0 Å². The molecule has 0 spiro atoms. The third-order valence-corrected chi connectivity index (χ3v) is 5.72. The third-order valence-electron chi connectivity index (χ3n) is 4.31. The molecule has 1 fully saturated rings. The van der Waals surface area contributed by atoms with Crippen molar-refractivity contribution in [3.8, 4) is 0 Å². The molecule has 2 unspecified atom stereocenters. The number of nitrogens with one attached hydrogen (secondary N) is 1. The van der Waals surface area contributed by atoms with Gasteiger partial charge in [0, 0.05) is 34.6 Å². The Kier molecular flexibility index (Phi) is 5.14. The molecular formula is C17H21ClN2OS. The van der Waals surface area contributed by atoms with Crippen molar-refractivity contribution in [2.75, 3.05) is 0 Å². The zero-order chi connectivity index (χ0) is 15.5. The molecule has 0 saturated heterocycles. The molecule has 22 heavy (non-hydrogen) atoms. The summed E-state index contributed by atoms with van der Waals surface area (Å²) >= 11 is 7.67. The van der Waals surface area contributed by atoms with Crippen LogP contribution < -0.4 is 5.32 Å². The number of hydrogen-bond acceptors (Lipinski definition) is 4. The molecule has 118 valence electrons. The van der Waals surface area contributed by atoms with Crippen LogP contribution in [0.5, 0.6) is 0 Å². The van der Waals surface area contributed by atoms with Crippen molar-refractivity contribution in [1.82, 2.24) is 10.3 Å². The highest BCUT2D eigenvalue weighted by Gasteiger charge is 2.22. The van der Waals surface area contributed by atoms with Crippen molar-refractivity contribution in [2.24, 2.45) is 0 Å². The Labute approximate surface area is 140 Å². The molecular weight excluding hydrogens is 316 g/mol. The summed E-state index contributed by atoms with van der Waals surface area (Å²) in [5.74, 6) is 0.691. The summed E-state index contributed by atoms with van der Waals surface area (Å²) in [6, 6.07) is 7.32. The Balaban J connectivity index is 1.53. The first-order valence-electron chi connectivity index (χ1n) is 7.75. The second-order valence-electron chi connectivity index (χ2n) is 5.96. The van der Waals surface area contributed by atoms with Crippen molar-refractivity contribution in [3.63, 3.8) is 0 Å². The quantitative estimate of drug-likeness (QED) is 0.827. The van der Waals surface area contributed by atoms with E-state index in [1.165, 1.54) is 29.1 Å². The molecule has 1 aliphatic rings. The molecule has 1 aliphatic carbocycles. The molecule has 1 saturated carbocycles. The Morgan fingerprint density at radius 1 is 1.36 bits per heavy atom. The monoisotopic (exact) mass is 336 g/mol. The fourth-order valence-electron chi connectivity index (χ4n) is 2.57. The Bertz CT molecular complexity index is 609. The maximum Gasteiger partial charge on any atom is 0.0959 e. The van der Waals surface area contributed by atoms with Crippen molar-refractivity contribution in [3.05, 3.63) is 50.9 Å². The molecule has 0 bridgehead atoms. The number of aromatic nitrogens is 1. The number of thiazole rings is 1. The topological polar surface area (TPSA) is 45.2 Å². The molecule has 2 N–H and O–H groups in total. The number of hydrogen-bond donors (Lipinski definition) is 2. The lowest BCUT2D eigenvalue weighted by Gasteiger charge is -2.22. The summed E-state index contributed by atoms with van der Waals surface area (Å²) in [6.07, 6.45) is 5.32. The maximum atomic E-state index is 10.4. The number of halogens is 1. The summed E-state index contributed by atoms with van der Waals surface area (Å²) in [7, 11) is 0. The van der Waals surface area contributed by atoms with E-state index in [0.717, 1.165) is 12.1 Å². The highest BCUT2D eigenvalue weighted by Crippen LogP contribution is 2.38. The van der Waals surface area contributed by atoms with Gasteiger partial charge in [0.25, 0.3) is 0 Å². The second-order valence-corrected chi connectivity index (χ2v) is 7.54. The van der Waals surface area contributed by atoms with E-state index in [9.17, 15) is 5.11 Å². The molecule has 2 atom stereocenters. The summed E-state index contributed by atoms with van der Waals surface area (Å²) in [5.41, 5.74) is 0.879. The lowest BCUT2D eigenvalue weighted by atomic mass is 9.86. The van der Waals surface area contributed by atoms with Gasteiger partial charge in [-0.05, 0) is 37.5 Å². The average Bonchev–Trinajstić information content (AvgIpc) is 2.91. The van der Waals surface area contributed by atoms with Gasteiger partial charge in [-0.3, -0.25) is 0 Å². The fraction of sp³-hybridized carbons (Fsp3) is 0.471. The zero-order valence-electron chi connectivity index (χ0n) is 12.6. The SMILES string of the molecule is CC(NCc1cnc(C2CCC2)s1)C(O)c1ccc(Cl)cc1. The fourth-order valence-corrected chi connectivity index (χ4v) is 3.73. The van der Waals surface area contributed by atoms with Crippen LogP contribution in [0.25, 0.3) is 0 Å². The lowest BCUT2D eigenvalue weighted by Crippen LogP contribution is -2.31. The standard InChI is InChI=1S/C17H21ClN2OS/c1-11(16(21)12-5-7-14(18)8-6-12)19-9-15-10-20-17(22-15)13-3-2-4-13/h5-8,10-11,13,16,19,21H,2-4,9H2,1H3. The van der Waals surface area contributed by atoms with Crippen molar-refractivity contribution in [2.45, 2.75) is 50.8 Å². The molecule has 5 heteroatoms. The van der Waals surface area contributed by atoms with Crippen molar-refractivity contribution >= 4 is 22.9 Å². The van der Waals surface area contributed by atoms with E-state index in [-0.39, 0.29) is 6.04 Å². The maximum absolute atomic E-state index is 10.4. The molecule has 2 aromatic rings. The Morgan fingerprint density at radius 2 is 2.09 bits per heavy atom. The van der Waals surface area contributed by atoms with Gasteiger partial charge in [-0.1, -0.05) is 30.2 Å². The van der Waals surface area contributed by atoms with Crippen LogP contribution in [0.15, 0.2) is 30.5 Å². The first-order valence-corrected chi connectivity index (χ1v) is 8.94. The molecule has 1 aromatic heterocycles. The average molecular weight is 337 g/mol. The van der Waals surface area contributed by atoms with E-state index in [4.69, 9.17) is 11.6 Å². The molecule has 0 radical (unpaired) electrons. The van der Waals surface area contributed by atoms with Gasteiger partial charge < -0.3 is 10.4 Å². The summed E-state index contributed by atoms with van der Waals surface area (Å²) in [6.45, 7) is 2.74. The Morgan fingerprint density at radius 3 is 2.73 bits per heavy atom. The van der Waals surface area contributed by atoms with Crippen LogP contribution in [0.2, 0.25) is 5.02 Å². The summed E-state index contributed by atoms with van der Waals surface area (Å²) in [4.78, 5) is 5.76. The van der Waals surface area contributed by atoms with Gasteiger partial charge in [0.2, 0.25) is 0 Å². The van der Waals surface area contributed by atoms with Gasteiger partial charge in [0.15, 0.2) is 0 Å². The molecule has 3 rings (SSSR count). The van der Waals surface area contributed by atoms with E-state index in [0.29, 0.717) is 10.9 Å². The van der Waals surface area contributed by atoms with Gasteiger partial charge in [-0.2, -0.15) is 0 Å². The van der Waals surface area contributed by atoms with Gasteiger partial charge in [0.1, 0.15) is 0 Å². The first-order chi connectivity index (χ1) is 10.6. The van der Waals surface area contributed by atoms with Gasteiger partial charge >= 0.3 is 0 Å². The minimum absolute atomic E-state index is 0.0320. The first kappa shape index (κ1) is 15.9. The van der Waals surface area contributed by atoms with Crippen molar-refractivity contribution < 1.29 is 5.11 Å². The number of benzene rings is 1. The largest absolute Gasteiger partial charge is 0.387 e. The molecule has 0 aliphatic heterocycles. The number of aliphatic hydroxyl groups is 1. The molecule has 1 heterocycles. The van der Waals surface area contributed by atoms with Crippen LogP contribution in [0.1, 0.15) is 53.7 Å². The predicted molar refractivity (Wildman–Crippen MR) is 91.4 cm³/mol. The predicted octanol–water partition coefficient (Wildman–Crippen LogP) is 4.28. The summed E-state index contributed by atoms with van der Waals surface area (Å²) in [5, 5.41) is 15.7. The van der Waals surface area contributed by atoms with E-state index < -0.39 is 6.10 Å². The Hall–Kier alpha value is -0.940. The van der Waals surface area contributed by atoms with Crippen molar-refractivity contribution in [1.29, 1.82) is 0 Å². The van der Waals surface area contributed by atoms with Crippen LogP contribution >= 0.6 is 22.9 Å². The van der Waals surface area contributed by atoms with E-state index in [1.807, 2.05) is 25.3 Å². The van der Waals surface area contributed by atoms with Gasteiger partial charge in [0.05, 0.1) is 11.1 Å². The second kappa shape index (κ2) is 7.09. The number of aliphatic hydroxyl groups excluding tert-OH is 1. The smallest absolute Gasteiger partial charge is 0.0959 e. The highest BCUT2D eigenvalue weighted by atomic mass is 35.5. The minimum atomic E-state index is -0.545. The summed E-state index contributed by atoms with van der Waals surface area (Å²) < 4.78 is 0. The molecule has 3 nitrogen and oxygen atoms in total. The van der Waals surface area contributed by atoms with Crippen LogP contribution in [0.3, 0.4) is 0 Å². The highest BCUT2D eigenvalue weighted by molar-refractivity contribution is 7.11. The van der Waals surface area contributed by atoms with Crippen LogP contribution in [-0.2, 0) is 6.54 Å². The van der Waals surface area contributed by atoms with Crippen LogP contribution in [0, 0.1) is 0 Å². The van der Waals surface area contributed by atoms with Gasteiger partial charge in [-0.15, -0.1) is 11.3 Å². The van der Waals surface area contributed by atoms with E-state index in [1.54, 1.807) is 23.5 Å². The van der Waals surface area contributed by atoms with Crippen LogP contribution in [-0.4, -0.2) is 16.1 Å². The van der Waals surface area contributed by atoms with E-state index in [2.05, 4.69) is 10.3 Å². The zero-order valence-corrected chi connectivity index (χ0v) is 14.2. The van der Waals surface area contributed by atoms with E-state index >= 15 is 0 Å². The lowest BCUT2D eigenvalue weighted by molar-refractivity contribution is 0.135.